The topological polar surface area (TPSA) is 20.2 Å². The van der Waals surface area contributed by atoms with Gasteiger partial charge in [0.2, 0.25) is 6.72 Å². The maximum absolute atomic E-state index is 7.83. The molecule has 0 aliphatic rings. The molecule has 0 aromatic carbocycles. The summed E-state index contributed by atoms with van der Waals surface area (Å²) < 4.78 is 0. The van der Waals surface area contributed by atoms with Crippen LogP contribution in [0.2, 0.25) is 0 Å². The van der Waals surface area contributed by atoms with Crippen LogP contribution in [0.15, 0.2) is 0 Å². The number of rotatable bonds is 1. The van der Waals surface area contributed by atoms with Gasteiger partial charge in [-0.3, -0.25) is 0 Å². The highest BCUT2D eigenvalue weighted by atomic mass is 31.1. The molecule has 0 bridgehead atoms. The molecule has 23 valence electrons. The van der Waals surface area contributed by atoms with Crippen molar-refractivity contribution in [1.82, 2.24) is 0 Å². The monoisotopic (exact) mass is 93.0 g/mol. The van der Waals surface area contributed by atoms with Crippen LogP contribution < -0.4 is 0 Å². The molecular weight excluding hydrogens is 88.8 g/mol. The van der Waals surface area contributed by atoms with Crippen molar-refractivity contribution in [1.29, 1.82) is 0 Å². The number of hydrogen-bond acceptors (Lipinski definition) is 1. The first kappa shape index (κ1) is 4.88. The molecule has 0 fully saturated rings. The van der Waals surface area contributed by atoms with E-state index in [1.165, 1.54) is 0 Å². The standard InChI is InChI=1S/BH4OP2/c2-4-1-3/h2,4H,3H2. The van der Waals surface area contributed by atoms with E-state index in [9.17, 15) is 0 Å². The van der Waals surface area contributed by atoms with Gasteiger partial charge in [0, 0.05) is 0 Å². The van der Waals surface area contributed by atoms with Crippen molar-refractivity contribution in [3.63, 3.8) is 0 Å². The summed E-state index contributed by atoms with van der Waals surface area (Å²) in [5.74, 6) is 0. The van der Waals surface area contributed by atoms with E-state index < -0.39 is 0 Å². The molecule has 0 spiro atoms. The van der Waals surface area contributed by atoms with Crippen molar-refractivity contribution < 1.29 is 4.89 Å². The van der Waals surface area contributed by atoms with E-state index in [-0.39, 0.29) is 8.69 Å². The Kier molecular flexibility index (Phi) is 4.74. The molecule has 4 heavy (non-hydrogen) atoms. The fraction of sp³-hybridized carbons (Fsp3) is 0. The van der Waals surface area contributed by atoms with Gasteiger partial charge in [0.25, 0.3) is 0 Å². The van der Waals surface area contributed by atoms with E-state index >= 15 is 0 Å². The average Bonchev–Trinajstić information content (AvgIpc) is 1.37. The Labute approximate surface area is 30.4 Å². The molecule has 2 unspecified atom stereocenters. The third-order valence-corrected chi connectivity index (χ3v) is 0.671. The molecule has 4 heteroatoms. The molecule has 2 atom stereocenters. The molecule has 1 nitrogen and oxygen atoms in total. The van der Waals surface area contributed by atoms with Gasteiger partial charge in [-0.25, -0.2) is 0 Å². The zero-order valence-corrected chi connectivity index (χ0v) is 4.26. The summed E-state index contributed by atoms with van der Waals surface area (Å²) >= 11 is 0. The normalized spacial score (nSPS) is 9.50. The minimum absolute atomic E-state index is 0.0216. The smallest absolute Gasteiger partial charge is 0.205 e. The Hall–Kier alpha value is 0.885. The third kappa shape index (κ3) is 2.88. The Morgan fingerprint density at radius 2 is 2.25 bits per heavy atom. The van der Waals surface area contributed by atoms with E-state index in [2.05, 4.69) is 9.12 Å². The highest BCUT2D eigenvalue weighted by Gasteiger charge is 1.63. The SMILES string of the molecule is OP[B]P. The summed E-state index contributed by atoms with van der Waals surface area (Å²) in [5.41, 5.74) is 0. The molecule has 0 aliphatic heterocycles. The van der Waals surface area contributed by atoms with Gasteiger partial charge in [0.05, 0.1) is 0 Å². The van der Waals surface area contributed by atoms with E-state index in [0.717, 1.165) is 0 Å². The lowest BCUT2D eigenvalue weighted by molar-refractivity contribution is 0.659. The summed E-state index contributed by atoms with van der Waals surface area (Å²) in [6, 6.07) is 0. The maximum atomic E-state index is 7.83. The van der Waals surface area contributed by atoms with Gasteiger partial charge in [-0.15, -0.1) is 0 Å². The predicted octanol–water partition coefficient (Wildman–Crippen LogP) is -0.0185. The first-order chi connectivity index (χ1) is 1.91. The van der Waals surface area contributed by atoms with Crippen molar-refractivity contribution >= 4 is 24.5 Å². The van der Waals surface area contributed by atoms with Crippen molar-refractivity contribution in [2.24, 2.45) is 0 Å². The van der Waals surface area contributed by atoms with Crippen LogP contribution in [-0.2, 0) is 0 Å². The lowest BCUT2D eigenvalue weighted by Gasteiger charge is -1.66. The summed E-state index contributed by atoms with van der Waals surface area (Å²) in [5, 5.41) is 0. The second-order valence-corrected chi connectivity index (χ2v) is 1.89. The Morgan fingerprint density at radius 3 is 2.25 bits per heavy atom. The molecule has 0 amide bonds. The van der Waals surface area contributed by atoms with E-state index in [1.807, 2.05) is 0 Å². The van der Waals surface area contributed by atoms with E-state index in [4.69, 9.17) is 4.89 Å². The fourth-order valence-electron chi connectivity index (χ4n) is 0. The lowest BCUT2D eigenvalue weighted by atomic mass is 10.7. The van der Waals surface area contributed by atoms with Crippen LogP contribution in [-0.4, -0.2) is 11.6 Å². The zero-order valence-electron chi connectivity index (χ0n) is 2.10. The molecular formula is H4BOP2. The van der Waals surface area contributed by atoms with Crippen molar-refractivity contribution in [2.45, 2.75) is 0 Å². The van der Waals surface area contributed by atoms with Crippen LogP contribution >= 0.6 is 17.8 Å². The molecule has 1 N–H and O–H groups in total. The second-order valence-electron chi connectivity index (χ2n) is 0.296. The second kappa shape index (κ2) is 3.88. The quantitative estimate of drug-likeness (QED) is 0.356. The van der Waals surface area contributed by atoms with Gasteiger partial charge < -0.3 is 4.89 Å². The lowest BCUT2D eigenvalue weighted by Crippen LogP contribution is -1.48. The predicted molar refractivity (Wildman–Crippen MR) is 26.0 cm³/mol. The largest absolute Gasteiger partial charge is 0.387 e. The van der Waals surface area contributed by atoms with Crippen LogP contribution in [0.1, 0.15) is 0 Å². The minimum atomic E-state index is -0.0216. The Bertz CT molecular complexity index is 8.00. The fourth-order valence-corrected chi connectivity index (χ4v) is 0. The van der Waals surface area contributed by atoms with Gasteiger partial charge in [0.15, 0.2) is 0 Å². The molecule has 0 saturated heterocycles. The average molecular weight is 92.8 g/mol. The summed E-state index contributed by atoms with van der Waals surface area (Å²) in [6.45, 7) is 1.62. The summed E-state index contributed by atoms with van der Waals surface area (Å²) in [7, 11) is 2.27. The van der Waals surface area contributed by atoms with Crippen molar-refractivity contribution in [3.05, 3.63) is 0 Å². The van der Waals surface area contributed by atoms with Gasteiger partial charge >= 0.3 is 0 Å². The van der Waals surface area contributed by atoms with E-state index in [1.54, 1.807) is 6.72 Å². The summed E-state index contributed by atoms with van der Waals surface area (Å²) in [4.78, 5) is 7.83. The Balaban J connectivity index is 1.97. The molecule has 0 aliphatic carbocycles. The van der Waals surface area contributed by atoms with Crippen LogP contribution in [0.4, 0.5) is 0 Å². The van der Waals surface area contributed by atoms with Crippen LogP contribution in [0.3, 0.4) is 0 Å². The first-order valence-corrected chi connectivity index (χ1v) is 2.54. The van der Waals surface area contributed by atoms with Crippen LogP contribution in [0.25, 0.3) is 0 Å². The molecule has 0 aromatic rings. The third-order valence-electron chi connectivity index (χ3n) is 0.0745. The Morgan fingerprint density at radius 1 is 2.00 bits per heavy atom. The zero-order chi connectivity index (χ0) is 3.41. The van der Waals surface area contributed by atoms with Crippen molar-refractivity contribution in [3.8, 4) is 0 Å². The minimum Gasteiger partial charge on any atom is -0.387 e. The van der Waals surface area contributed by atoms with Gasteiger partial charge in [-0.2, -0.15) is 9.12 Å². The highest BCUT2D eigenvalue weighted by molar-refractivity contribution is 7.92. The molecule has 1 radical (unpaired) electrons. The highest BCUT2D eigenvalue weighted by Crippen LogP contribution is 1.98. The molecule has 0 rings (SSSR count). The van der Waals surface area contributed by atoms with Crippen LogP contribution in [0.5, 0.6) is 0 Å². The molecule has 0 aromatic heterocycles. The van der Waals surface area contributed by atoms with Crippen LogP contribution in [0, 0.1) is 0 Å². The number of hydrogen-bond donors (Lipinski definition) is 1. The first-order valence-electron chi connectivity index (χ1n) is 0.846. The molecule has 0 saturated carbocycles. The molecule has 0 heterocycles. The van der Waals surface area contributed by atoms with E-state index in [0.29, 0.717) is 0 Å². The maximum Gasteiger partial charge on any atom is 0.205 e. The van der Waals surface area contributed by atoms with Crippen molar-refractivity contribution in [2.75, 3.05) is 0 Å². The summed E-state index contributed by atoms with van der Waals surface area (Å²) in [6.07, 6.45) is 0. The van der Waals surface area contributed by atoms with Gasteiger partial charge in [0.1, 0.15) is 0 Å². The van der Waals surface area contributed by atoms with Gasteiger partial charge in [-0.05, 0) is 8.69 Å². The van der Waals surface area contributed by atoms with Gasteiger partial charge in [-0.1, -0.05) is 0 Å².